The van der Waals surface area contributed by atoms with Gasteiger partial charge in [-0.1, -0.05) is 0 Å². The van der Waals surface area contributed by atoms with E-state index in [9.17, 15) is 17.6 Å². The molecule has 2 nitrogen and oxygen atoms in total. The molecule has 0 amide bonds. The highest BCUT2D eigenvalue weighted by Crippen LogP contribution is 2.32. The van der Waals surface area contributed by atoms with Gasteiger partial charge in [0.2, 0.25) is 0 Å². The van der Waals surface area contributed by atoms with Crippen LogP contribution in [0.25, 0.3) is 0 Å². The maximum absolute atomic E-state index is 12.9. The molecular weight excluding hydrogens is 224 g/mol. The zero-order valence-electron chi connectivity index (χ0n) is 8.11. The largest absolute Gasteiger partial charge is 0.419 e. The number of rotatable bonds is 3. The van der Waals surface area contributed by atoms with E-state index in [4.69, 9.17) is 5.26 Å². The predicted octanol–water partition coefficient (Wildman–Crippen LogP) is 3.17. The Bertz CT molecular complexity index is 406. The molecule has 0 aromatic heterocycles. The second-order valence-corrected chi connectivity index (χ2v) is 3.03. The summed E-state index contributed by atoms with van der Waals surface area (Å²) in [5.74, 6) is -1.31. The van der Waals surface area contributed by atoms with Crippen LogP contribution in [0.15, 0.2) is 18.2 Å². The van der Waals surface area contributed by atoms with Crippen LogP contribution in [0.1, 0.15) is 12.0 Å². The van der Waals surface area contributed by atoms with Crippen molar-refractivity contribution in [2.24, 2.45) is 0 Å². The number of alkyl halides is 3. The van der Waals surface area contributed by atoms with Gasteiger partial charge in [0, 0.05) is 12.2 Å². The quantitative estimate of drug-likeness (QED) is 0.641. The molecule has 1 aromatic carbocycles. The number of nitrogens with zero attached hydrogens (tertiary/aromatic N) is 1. The standard InChI is InChI=1S/C10H8F4N2/c11-9-3-2-7(16-5-1-4-15)6-8(9)10(12,13)14/h2-3,6,16H,1,5H2. The van der Waals surface area contributed by atoms with Crippen molar-refractivity contribution in [2.75, 3.05) is 11.9 Å². The molecule has 0 radical (unpaired) electrons. The minimum atomic E-state index is -4.71. The Balaban J connectivity index is 2.87. The lowest BCUT2D eigenvalue weighted by Gasteiger charge is -2.10. The van der Waals surface area contributed by atoms with Crippen molar-refractivity contribution in [3.05, 3.63) is 29.6 Å². The molecule has 0 aliphatic carbocycles. The molecule has 0 heterocycles. The predicted molar refractivity (Wildman–Crippen MR) is 50.1 cm³/mol. The summed E-state index contributed by atoms with van der Waals surface area (Å²) in [4.78, 5) is 0. The highest BCUT2D eigenvalue weighted by atomic mass is 19.4. The fourth-order valence-electron chi connectivity index (χ4n) is 1.12. The Hall–Kier alpha value is -1.77. The summed E-state index contributed by atoms with van der Waals surface area (Å²) in [6.45, 7) is 0.222. The fourth-order valence-corrected chi connectivity index (χ4v) is 1.12. The van der Waals surface area contributed by atoms with E-state index in [1.54, 1.807) is 0 Å². The lowest BCUT2D eigenvalue weighted by Crippen LogP contribution is -2.09. The molecule has 0 fully saturated rings. The molecule has 0 unspecified atom stereocenters. The first kappa shape index (κ1) is 12.3. The summed E-state index contributed by atoms with van der Waals surface area (Å²) in [5, 5.41) is 10.8. The number of benzene rings is 1. The Labute approximate surface area is 89.5 Å². The highest BCUT2D eigenvalue weighted by Gasteiger charge is 2.34. The summed E-state index contributed by atoms with van der Waals surface area (Å²) in [7, 11) is 0. The number of nitriles is 1. The number of halogens is 4. The van der Waals surface area contributed by atoms with Crippen molar-refractivity contribution in [3.63, 3.8) is 0 Å². The molecule has 1 rings (SSSR count). The summed E-state index contributed by atoms with van der Waals surface area (Å²) < 4.78 is 49.7. The average Bonchev–Trinajstić information content (AvgIpc) is 2.19. The minimum absolute atomic E-state index is 0.143. The van der Waals surface area contributed by atoms with E-state index in [2.05, 4.69) is 5.32 Å². The maximum atomic E-state index is 12.9. The van der Waals surface area contributed by atoms with Gasteiger partial charge in [-0.3, -0.25) is 0 Å². The molecule has 86 valence electrons. The third-order valence-electron chi connectivity index (χ3n) is 1.84. The Morgan fingerprint density at radius 2 is 2.00 bits per heavy atom. The van der Waals surface area contributed by atoms with E-state index in [0.29, 0.717) is 6.07 Å². The van der Waals surface area contributed by atoms with Crippen LogP contribution in [0.5, 0.6) is 0 Å². The third kappa shape index (κ3) is 3.12. The molecule has 0 atom stereocenters. The third-order valence-corrected chi connectivity index (χ3v) is 1.84. The second kappa shape index (κ2) is 4.84. The van der Waals surface area contributed by atoms with Gasteiger partial charge < -0.3 is 5.32 Å². The van der Waals surface area contributed by atoms with Gasteiger partial charge in [0.15, 0.2) is 0 Å². The molecule has 0 spiro atoms. The normalized spacial score (nSPS) is 10.9. The van der Waals surface area contributed by atoms with E-state index in [-0.39, 0.29) is 18.7 Å². The van der Waals surface area contributed by atoms with Crippen LogP contribution in [-0.4, -0.2) is 6.54 Å². The Morgan fingerprint density at radius 3 is 2.56 bits per heavy atom. The second-order valence-electron chi connectivity index (χ2n) is 3.03. The smallest absolute Gasteiger partial charge is 0.384 e. The minimum Gasteiger partial charge on any atom is -0.384 e. The Morgan fingerprint density at radius 1 is 1.31 bits per heavy atom. The van der Waals surface area contributed by atoms with Gasteiger partial charge in [-0.2, -0.15) is 18.4 Å². The number of nitrogens with one attached hydrogen (secondary N) is 1. The lowest BCUT2D eigenvalue weighted by atomic mass is 10.2. The van der Waals surface area contributed by atoms with Gasteiger partial charge in [-0.15, -0.1) is 0 Å². The molecule has 0 aliphatic heterocycles. The highest BCUT2D eigenvalue weighted by molar-refractivity contribution is 5.47. The maximum Gasteiger partial charge on any atom is 0.419 e. The van der Waals surface area contributed by atoms with Gasteiger partial charge in [-0.05, 0) is 18.2 Å². The SMILES string of the molecule is N#CCCNc1ccc(F)c(C(F)(F)F)c1. The van der Waals surface area contributed by atoms with Crippen molar-refractivity contribution >= 4 is 5.69 Å². The Kier molecular flexibility index (Phi) is 3.72. The molecule has 0 saturated carbocycles. The van der Waals surface area contributed by atoms with Crippen molar-refractivity contribution in [1.82, 2.24) is 0 Å². The van der Waals surface area contributed by atoms with Crippen molar-refractivity contribution < 1.29 is 17.6 Å². The first-order valence-corrected chi connectivity index (χ1v) is 4.42. The van der Waals surface area contributed by atoms with Crippen LogP contribution in [0, 0.1) is 17.1 Å². The van der Waals surface area contributed by atoms with Gasteiger partial charge in [0.25, 0.3) is 0 Å². The molecule has 0 saturated heterocycles. The number of anilines is 1. The summed E-state index contributed by atoms with van der Waals surface area (Å²) >= 11 is 0. The van der Waals surface area contributed by atoms with Crippen LogP contribution in [0.4, 0.5) is 23.2 Å². The van der Waals surface area contributed by atoms with E-state index >= 15 is 0 Å². The number of hydrogen-bond acceptors (Lipinski definition) is 2. The molecular formula is C10H8F4N2. The molecule has 1 aromatic rings. The van der Waals surface area contributed by atoms with E-state index in [1.165, 1.54) is 6.07 Å². The van der Waals surface area contributed by atoms with Gasteiger partial charge in [0.05, 0.1) is 18.1 Å². The molecule has 0 aliphatic rings. The monoisotopic (exact) mass is 232 g/mol. The summed E-state index contributed by atoms with van der Waals surface area (Å²) in [5.41, 5.74) is -1.17. The van der Waals surface area contributed by atoms with E-state index < -0.39 is 17.6 Å². The summed E-state index contributed by atoms with van der Waals surface area (Å²) in [6.07, 6.45) is -4.55. The zero-order valence-corrected chi connectivity index (χ0v) is 8.11. The first-order chi connectivity index (χ1) is 7.45. The van der Waals surface area contributed by atoms with Crippen LogP contribution in [-0.2, 0) is 6.18 Å². The molecule has 16 heavy (non-hydrogen) atoms. The molecule has 0 bridgehead atoms. The van der Waals surface area contributed by atoms with Gasteiger partial charge >= 0.3 is 6.18 Å². The fraction of sp³-hybridized carbons (Fsp3) is 0.300. The van der Waals surface area contributed by atoms with E-state index in [0.717, 1.165) is 6.07 Å². The average molecular weight is 232 g/mol. The molecule has 6 heteroatoms. The summed E-state index contributed by atoms with van der Waals surface area (Å²) in [6, 6.07) is 4.47. The topological polar surface area (TPSA) is 35.8 Å². The van der Waals surface area contributed by atoms with Crippen LogP contribution < -0.4 is 5.32 Å². The van der Waals surface area contributed by atoms with Crippen molar-refractivity contribution in [1.29, 1.82) is 5.26 Å². The molecule has 1 N–H and O–H groups in total. The van der Waals surface area contributed by atoms with Crippen LogP contribution >= 0.6 is 0 Å². The van der Waals surface area contributed by atoms with Crippen molar-refractivity contribution in [3.8, 4) is 6.07 Å². The van der Waals surface area contributed by atoms with Crippen molar-refractivity contribution in [2.45, 2.75) is 12.6 Å². The van der Waals surface area contributed by atoms with Gasteiger partial charge in [-0.25, -0.2) is 4.39 Å². The van der Waals surface area contributed by atoms with Crippen LogP contribution in [0.2, 0.25) is 0 Å². The first-order valence-electron chi connectivity index (χ1n) is 4.42. The lowest BCUT2D eigenvalue weighted by molar-refractivity contribution is -0.139. The van der Waals surface area contributed by atoms with Gasteiger partial charge in [0.1, 0.15) is 5.82 Å². The zero-order chi connectivity index (χ0) is 12.2. The van der Waals surface area contributed by atoms with Crippen LogP contribution in [0.3, 0.4) is 0 Å². The van der Waals surface area contributed by atoms with E-state index in [1.807, 2.05) is 6.07 Å². The number of hydrogen-bond donors (Lipinski definition) is 1.